The Morgan fingerprint density at radius 2 is 2.00 bits per heavy atom. The molecule has 3 N–H and O–H groups in total. The minimum atomic E-state index is -4.49. The van der Waals surface area contributed by atoms with Crippen molar-refractivity contribution in [1.29, 1.82) is 0 Å². The summed E-state index contributed by atoms with van der Waals surface area (Å²) in [6.07, 6.45) is -2.84. The maximum atomic E-state index is 12.8. The van der Waals surface area contributed by atoms with Gasteiger partial charge in [0.15, 0.2) is 0 Å². The van der Waals surface area contributed by atoms with Gasteiger partial charge in [0.1, 0.15) is 4.99 Å². The Morgan fingerprint density at radius 1 is 1.24 bits per heavy atom. The molecule has 2 aromatic rings. The molecule has 0 radical (unpaired) electrons. The third-order valence-corrected chi connectivity index (χ3v) is 3.01. The molecule has 7 heteroatoms. The van der Waals surface area contributed by atoms with E-state index in [9.17, 15) is 13.2 Å². The van der Waals surface area contributed by atoms with Crippen LogP contribution in [0.2, 0.25) is 0 Å². The standard InChI is InChI=1S/C14H12F3N3S/c15-14(16,17)12-5-4-9(7-11(12)13(18)21)20-8-10-3-1-2-6-19-10/h1-7,20H,8H2,(H2,18,21). The molecule has 110 valence electrons. The number of alkyl halides is 3. The van der Waals surface area contributed by atoms with Gasteiger partial charge in [0.05, 0.1) is 17.8 Å². The van der Waals surface area contributed by atoms with Crippen molar-refractivity contribution in [1.82, 2.24) is 4.98 Å². The molecule has 0 atom stereocenters. The lowest BCUT2D eigenvalue weighted by molar-refractivity contribution is -0.137. The van der Waals surface area contributed by atoms with Gasteiger partial charge >= 0.3 is 6.18 Å². The molecule has 3 nitrogen and oxygen atoms in total. The highest BCUT2D eigenvalue weighted by molar-refractivity contribution is 7.80. The lowest BCUT2D eigenvalue weighted by atomic mass is 10.1. The van der Waals surface area contributed by atoms with E-state index in [4.69, 9.17) is 18.0 Å². The largest absolute Gasteiger partial charge is 0.417 e. The molecule has 0 spiro atoms. The number of nitrogens with zero attached hydrogens (tertiary/aromatic N) is 1. The summed E-state index contributed by atoms with van der Waals surface area (Å²) in [7, 11) is 0. The van der Waals surface area contributed by atoms with Crippen LogP contribution >= 0.6 is 12.2 Å². The maximum absolute atomic E-state index is 12.8. The molecular formula is C14H12F3N3S. The monoisotopic (exact) mass is 311 g/mol. The highest BCUT2D eigenvalue weighted by Gasteiger charge is 2.34. The maximum Gasteiger partial charge on any atom is 0.417 e. The molecule has 0 fully saturated rings. The van der Waals surface area contributed by atoms with Crippen LogP contribution in [0.25, 0.3) is 0 Å². The number of aromatic nitrogens is 1. The van der Waals surface area contributed by atoms with Crippen LogP contribution in [0.3, 0.4) is 0 Å². The molecule has 0 bridgehead atoms. The zero-order valence-corrected chi connectivity index (χ0v) is 11.6. The number of benzene rings is 1. The van der Waals surface area contributed by atoms with Crippen LogP contribution in [-0.2, 0) is 12.7 Å². The summed E-state index contributed by atoms with van der Waals surface area (Å²) in [5.41, 5.74) is 5.62. The third kappa shape index (κ3) is 3.91. The van der Waals surface area contributed by atoms with E-state index in [-0.39, 0.29) is 10.6 Å². The number of anilines is 1. The molecule has 1 heterocycles. The number of hydrogen-bond acceptors (Lipinski definition) is 3. The van der Waals surface area contributed by atoms with Crippen molar-refractivity contribution in [3.8, 4) is 0 Å². The average molecular weight is 311 g/mol. The van der Waals surface area contributed by atoms with Crippen molar-refractivity contribution in [2.24, 2.45) is 5.73 Å². The van der Waals surface area contributed by atoms with Crippen LogP contribution < -0.4 is 11.1 Å². The SMILES string of the molecule is NC(=S)c1cc(NCc2ccccn2)ccc1C(F)(F)F. The van der Waals surface area contributed by atoms with Crippen molar-refractivity contribution in [3.05, 3.63) is 59.4 Å². The second-order valence-corrected chi connectivity index (χ2v) is 4.74. The molecular weight excluding hydrogens is 299 g/mol. The van der Waals surface area contributed by atoms with E-state index >= 15 is 0 Å². The number of hydrogen-bond donors (Lipinski definition) is 2. The second kappa shape index (κ2) is 6.09. The lowest BCUT2D eigenvalue weighted by Crippen LogP contribution is -2.18. The Kier molecular flexibility index (Phi) is 4.42. The van der Waals surface area contributed by atoms with Crippen molar-refractivity contribution in [2.45, 2.75) is 12.7 Å². The summed E-state index contributed by atoms with van der Waals surface area (Å²) in [5, 5.41) is 2.99. The van der Waals surface area contributed by atoms with E-state index in [1.807, 2.05) is 12.1 Å². The van der Waals surface area contributed by atoms with Crippen molar-refractivity contribution in [3.63, 3.8) is 0 Å². The number of nitrogens with two attached hydrogens (primary N) is 1. The molecule has 0 aliphatic rings. The topological polar surface area (TPSA) is 50.9 Å². The molecule has 0 aliphatic heterocycles. The minimum absolute atomic E-state index is 0.191. The first-order valence-corrected chi connectivity index (χ1v) is 6.43. The van der Waals surface area contributed by atoms with Gasteiger partial charge in [-0.15, -0.1) is 0 Å². The summed E-state index contributed by atoms with van der Waals surface area (Å²) >= 11 is 4.69. The van der Waals surface area contributed by atoms with Crippen molar-refractivity contribution in [2.75, 3.05) is 5.32 Å². The summed E-state index contributed by atoms with van der Waals surface area (Å²) in [6, 6.07) is 9.03. The predicted octanol–water partition coefficient (Wildman–Crippen LogP) is 3.35. The van der Waals surface area contributed by atoms with E-state index in [0.717, 1.165) is 11.8 Å². The Morgan fingerprint density at radius 3 is 2.57 bits per heavy atom. The molecule has 1 aromatic heterocycles. The van der Waals surface area contributed by atoms with E-state index in [2.05, 4.69) is 10.3 Å². The van der Waals surface area contributed by atoms with Crippen LogP contribution in [0.1, 0.15) is 16.8 Å². The first kappa shape index (κ1) is 15.2. The fourth-order valence-electron chi connectivity index (χ4n) is 1.80. The molecule has 21 heavy (non-hydrogen) atoms. The van der Waals surface area contributed by atoms with Crippen molar-refractivity contribution < 1.29 is 13.2 Å². The number of rotatable bonds is 4. The second-order valence-electron chi connectivity index (χ2n) is 4.30. The molecule has 2 rings (SSSR count). The van der Waals surface area contributed by atoms with Gasteiger partial charge in [-0.1, -0.05) is 18.3 Å². The first-order chi connectivity index (χ1) is 9.88. The van der Waals surface area contributed by atoms with E-state index < -0.39 is 11.7 Å². The lowest BCUT2D eigenvalue weighted by Gasteiger charge is -2.14. The van der Waals surface area contributed by atoms with Crippen LogP contribution in [0.4, 0.5) is 18.9 Å². The Hall–Kier alpha value is -2.15. The van der Waals surface area contributed by atoms with Crippen LogP contribution in [0.5, 0.6) is 0 Å². The van der Waals surface area contributed by atoms with Gasteiger partial charge in [0.25, 0.3) is 0 Å². The summed E-state index contributed by atoms with van der Waals surface area (Å²) in [5.74, 6) is 0. The average Bonchev–Trinajstić information content (AvgIpc) is 2.45. The third-order valence-electron chi connectivity index (χ3n) is 2.79. The first-order valence-electron chi connectivity index (χ1n) is 6.03. The predicted molar refractivity (Wildman–Crippen MR) is 78.9 cm³/mol. The number of pyridine rings is 1. The van der Waals surface area contributed by atoms with E-state index in [1.54, 1.807) is 12.3 Å². The minimum Gasteiger partial charge on any atom is -0.389 e. The molecule has 0 saturated heterocycles. The van der Waals surface area contributed by atoms with Gasteiger partial charge in [-0.25, -0.2) is 0 Å². The normalized spacial score (nSPS) is 11.2. The van der Waals surface area contributed by atoms with Gasteiger partial charge in [0.2, 0.25) is 0 Å². The van der Waals surface area contributed by atoms with E-state index in [0.29, 0.717) is 12.2 Å². The zero-order valence-electron chi connectivity index (χ0n) is 10.8. The van der Waals surface area contributed by atoms with Gasteiger partial charge in [-0.3, -0.25) is 4.98 Å². The fraction of sp³-hybridized carbons (Fsp3) is 0.143. The summed E-state index contributed by atoms with van der Waals surface area (Å²) in [4.78, 5) is 3.83. The Bertz CT molecular complexity index is 642. The molecule has 0 unspecified atom stereocenters. The molecule has 0 saturated carbocycles. The molecule has 0 amide bonds. The van der Waals surface area contributed by atoms with Gasteiger partial charge in [-0.2, -0.15) is 13.2 Å². The molecule has 1 aromatic carbocycles. The van der Waals surface area contributed by atoms with E-state index in [1.165, 1.54) is 12.1 Å². The smallest absolute Gasteiger partial charge is 0.389 e. The van der Waals surface area contributed by atoms with Gasteiger partial charge < -0.3 is 11.1 Å². The fourth-order valence-corrected chi connectivity index (χ4v) is 1.97. The Labute approximate surface area is 125 Å². The van der Waals surface area contributed by atoms with Crippen LogP contribution in [0.15, 0.2) is 42.6 Å². The van der Waals surface area contributed by atoms with Gasteiger partial charge in [0, 0.05) is 17.4 Å². The quantitative estimate of drug-likeness (QED) is 0.850. The molecule has 0 aliphatic carbocycles. The number of nitrogens with one attached hydrogen (secondary N) is 1. The Balaban J connectivity index is 2.22. The number of thiocarbonyl (C=S) groups is 1. The van der Waals surface area contributed by atoms with Crippen LogP contribution in [-0.4, -0.2) is 9.97 Å². The zero-order chi connectivity index (χ0) is 15.5. The number of halogens is 3. The summed E-state index contributed by atoms with van der Waals surface area (Å²) in [6.45, 7) is 0.392. The van der Waals surface area contributed by atoms with Crippen LogP contribution in [0, 0.1) is 0 Å². The van der Waals surface area contributed by atoms with Crippen molar-refractivity contribution >= 4 is 22.9 Å². The van der Waals surface area contributed by atoms with Gasteiger partial charge in [-0.05, 0) is 30.3 Å². The highest BCUT2D eigenvalue weighted by Crippen LogP contribution is 2.33. The summed E-state index contributed by atoms with van der Waals surface area (Å²) < 4.78 is 38.5. The highest BCUT2D eigenvalue weighted by atomic mass is 32.1.